The second-order valence-corrected chi connectivity index (χ2v) is 3.67. The smallest absolute Gasteiger partial charge is 0.122 e. The Morgan fingerprint density at radius 2 is 1.88 bits per heavy atom. The van der Waals surface area contributed by atoms with E-state index in [2.05, 4.69) is 0 Å². The van der Waals surface area contributed by atoms with Gasteiger partial charge in [-0.15, -0.1) is 0 Å². The summed E-state index contributed by atoms with van der Waals surface area (Å²) in [6.07, 6.45) is -0.991. The Morgan fingerprint density at radius 3 is 2.50 bits per heavy atom. The van der Waals surface area contributed by atoms with Crippen LogP contribution in [0, 0.1) is 0 Å². The average molecular weight is 226 g/mol. The van der Waals surface area contributed by atoms with Gasteiger partial charge in [-0.05, 0) is 24.5 Å². The maximum absolute atomic E-state index is 9.49. The summed E-state index contributed by atoms with van der Waals surface area (Å²) in [5.41, 5.74) is 0.981. The van der Waals surface area contributed by atoms with Crippen molar-refractivity contribution in [1.82, 2.24) is 0 Å². The fraction of sp³-hybridized carbons (Fsp3) is 0.500. The summed E-state index contributed by atoms with van der Waals surface area (Å²) >= 11 is 0. The van der Waals surface area contributed by atoms with Crippen LogP contribution in [0.15, 0.2) is 24.3 Å². The zero-order chi connectivity index (χ0) is 12.0. The van der Waals surface area contributed by atoms with Gasteiger partial charge in [-0.3, -0.25) is 0 Å². The number of rotatable bonds is 6. The number of hydrogen-bond acceptors (Lipinski definition) is 4. The fourth-order valence-corrected chi connectivity index (χ4v) is 1.53. The third-order valence-corrected chi connectivity index (χ3v) is 2.53. The molecule has 0 bridgehead atoms. The highest BCUT2D eigenvalue weighted by atomic mass is 16.5. The Balaban J connectivity index is 2.54. The number of para-hydroxylation sites is 1. The van der Waals surface area contributed by atoms with Gasteiger partial charge >= 0.3 is 0 Å². The number of ether oxygens (including phenoxy) is 1. The van der Waals surface area contributed by atoms with Crippen molar-refractivity contribution in [2.45, 2.75) is 25.0 Å². The third-order valence-electron chi connectivity index (χ3n) is 2.53. The molecule has 2 unspecified atom stereocenters. The average Bonchev–Trinajstić information content (AvgIpc) is 2.35. The summed E-state index contributed by atoms with van der Waals surface area (Å²) in [5.74, 6) is 0.771. The van der Waals surface area contributed by atoms with Crippen molar-refractivity contribution in [2.24, 2.45) is 0 Å². The van der Waals surface area contributed by atoms with E-state index >= 15 is 0 Å². The van der Waals surface area contributed by atoms with Crippen LogP contribution in [-0.4, -0.2) is 41.2 Å². The molecule has 16 heavy (non-hydrogen) atoms. The third kappa shape index (κ3) is 3.48. The minimum absolute atomic E-state index is 0.391. The van der Waals surface area contributed by atoms with Gasteiger partial charge in [0.2, 0.25) is 0 Å². The van der Waals surface area contributed by atoms with E-state index in [0.29, 0.717) is 12.8 Å². The van der Waals surface area contributed by atoms with E-state index in [0.717, 1.165) is 11.3 Å². The van der Waals surface area contributed by atoms with Crippen LogP contribution in [0.4, 0.5) is 0 Å². The van der Waals surface area contributed by atoms with Gasteiger partial charge in [0, 0.05) is 0 Å². The maximum atomic E-state index is 9.49. The molecule has 0 aromatic heterocycles. The predicted octanol–water partition coefficient (Wildman–Crippen LogP) is 0.342. The molecule has 0 aliphatic heterocycles. The molecule has 0 amide bonds. The summed E-state index contributed by atoms with van der Waals surface area (Å²) < 4.78 is 5.17. The number of benzene rings is 1. The highest BCUT2D eigenvalue weighted by Gasteiger charge is 2.15. The lowest BCUT2D eigenvalue weighted by Crippen LogP contribution is -2.29. The van der Waals surface area contributed by atoms with Gasteiger partial charge in [-0.1, -0.05) is 18.2 Å². The summed E-state index contributed by atoms with van der Waals surface area (Å²) in [6, 6.07) is 7.54. The minimum Gasteiger partial charge on any atom is -0.496 e. The van der Waals surface area contributed by atoms with E-state index in [9.17, 15) is 10.2 Å². The number of hydrogen-bond donors (Lipinski definition) is 3. The quantitative estimate of drug-likeness (QED) is 0.654. The number of methoxy groups -OCH3 is 1. The lowest BCUT2D eigenvalue weighted by Gasteiger charge is -2.16. The van der Waals surface area contributed by atoms with E-state index in [4.69, 9.17) is 9.84 Å². The van der Waals surface area contributed by atoms with Crippen LogP contribution in [-0.2, 0) is 6.42 Å². The number of aryl methyl sites for hydroxylation is 1. The second-order valence-electron chi connectivity index (χ2n) is 3.67. The number of aliphatic hydroxyl groups is 3. The molecule has 0 aliphatic rings. The molecule has 0 heterocycles. The summed E-state index contributed by atoms with van der Waals surface area (Å²) in [5, 5.41) is 27.4. The van der Waals surface area contributed by atoms with Crippen LogP contribution in [0.25, 0.3) is 0 Å². The standard InChI is InChI=1S/C12H18O4/c1-16-12-5-3-2-4-9(12)6-7-10(14)11(15)8-13/h2-5,10-11,13-15H,6-8H2,1H3. The molecular formula is C12H18O4. The van der Waals surface area contributed by atoms with Gasteiger partial charge in [-0.25, -0.2) is 0 Å². The Kier molecular flexibility index (Phi) is 5.25. The van der Waals surface area contributed by atoms with Crippen molar-refractivity contribution < 1.29 is 20.1 Å². The molecule has 3 N–H and O–H groups in total. The molecule has 1 rings (SSSR count). The van der Waals surface area contributed by atoms with Gasteiger partial charge in [0.15, 0.2) is 0 Å². The van der Waals surface area contributed by atoms with Crippen molar-refractivity contribution in [1.29, 1.82) is 0 Å². The Morgan fingerprint density at radius 1 is 1.19 bits per heavy atom. The van der Waals surface area contributed by atoms with Crippen LogP contribution < -0.4 is 4.74 Å². The lowest BCUT2D eigenvalue weighted by atomic mass is 10.0. The molecule has 0 saturated heterocycles. The normalized spacial score (nSPS) is 14.5. The first-order chi connectivity index (χ1) is 7.69. The first kappa shape index (κ1) is 13.0. The van der Waals surface area contributed by atoms with Gasteiger partial charge < -0.3 is 20.1 Å². The largest absolute Gasteiger partial charge is 0.496 e. The van der Waals surface area contributed by atoms with Gasteiger partial charge in [0.1, 0.15) is 11.9 Å². The minimum atomic E-state index is -1.07. The van der Waals surface area contributed by atoms with Crippen molar-refractivity contribution >= 4 is 0 Å². The highest BCUT2D eigenvalue weighted by molar-refractivity contribution is 5.33. The molecule has 0 radical (unpaired) electrons. The van der Waals surface area contributed by atoms with Crippen LogP contribution in [0.5, 0.6) is 5.75 Å². The topological polar surface area (TPSA) is 69.9 Å². The summed E-state index contributed by atoms with van der Waals surface area (Å²) in [4.78, 5) is 0. The Bertz CT molecular complexity index is 314. The molecular weight excluding hydrogens is 208 g/mol. The zero-order valence-corrected chi connectivity index (χ0v) is 9.34. The van der Waals surface area contributed by atoms with Gasteiger partial charge in [0.05, 0.1) is 19.8 Å². The SMILES string of the molecule is COc1ccccc1CCC(O)C(O)CO. The molecule has 90 valence electrons. The molecule has 1 aromatic rings. The first-order valence-electron chi connectivity index (χ1n) is 5.28. The number of aliphatic hydroxyl groups excluding tert-OH is 3. The first-order valence-corrected chi connectivity index (χ1v) is 5.28. The molecule has 4 heteroatoms. The van der Waals surface area contributed by atoms with Crippen LogP contribution in [0.3, 0.4) is 0 Å². The zero-order valence-electron chi connectivity index (χ0n) is 9.34. The second kappa shape index (κ2) is 6.48. The highest BCUT2D eigenvalue weighted by Crippen LogP contribution is 2.19. The molecule has 1 aromatic carbocycles. The van der Waals surface area contributed by atoms with E-state index < -0.39 is 18.8 Å². The van der Waals surface area contributed by atoms with Crippen LogP contribution in [0.1, 0.15) is 12.0 Å². The summed E-state index contributed by atoms with van der Waals surface area (Å²) in [6.45, 7) is -0.424. The monoisotopic (exact) mass is 226 g/mol. The van der Waals surface area contributed by atoms with Crippen molar-refractivity contribution in [3.8, 4) is 5.75 Å². The Labute approximate surface area is 95.1 Å². The molecule has 4 nitrogen and oxygen atoms in total. The molecule has 0 spiro atoms. The maximum Gasteiger partial charge on any atom is 0.122 e. The van der Waals surface area contributed by atoms with E-state index in [1.807, 2.05) is 24.3 Å². The van der Waals surface area contributed by atoms with E-state index in [1.54, 1.807) is 7.11 Å². The molecule has 0 fully saturated rings. The fourth-order valence-electron chi connectivity index (χ4n) is 1.53. The molecule has 0 saturated carbocycles. The summed E-state index contributed by atoms with van der Waals surface area (Å²) in [7, 11) is 1.60. The van der Waals surface area contributed by atoms with Crippen molar-refractivity contribution in [3.05, 3.63) is 29.8 Å². The molecule has 0 aliphatic carbocycles. The lowest BCUT2D eigenvalue weighted by molar-refractivity contribution is -0.0173. The van der Waals surface area contributed by atoms with E-state index in [1.165, 1.54) is 0 Å². The molecule has 2 atom stereocenters. The van der Waals surface area contributed by atoms with E-state index in [-0.39, 0.29) is 0 Å². The van der Waals surface area contributed by atoms with Gasteiger partial charge in [-0.2, -0.15) is 0 Å². The van der Waals surface area contributed by atoms with Crippen LogP contribution in [0.2, 0.25) is 0 Å². The van der Waals surface area contributed by atoms with Gasteiger partial charge in [0.25, 0.3) is 0 Å². The predicted molar refractivity (Wildman–Crippen MR) is 60.4 cm³/mol. The van der Waals surface area contributed by atoms with Crippen LogP contribution >= 0.6 is 0 Å². The van der Waals surface area contributed by atoms with Crippen molar-refractivity contribution in [2.75, 3.05) is 13.7 Å². The van der Waals surface area contributed by atoms with Crippen molar-refractivity contribution in [3.63, 3.8) is 0 Å². The Hall–Kier alpha value is -1.10.